The molecule has 1 unspecified atom stereocenters. The van der Waals surface area contributed by atoms with E-state index in [0.717, 1.165) is 19.4 Å². The van der Waals surface area contributed by atoms with Gasteiger partial charge in [0.2, 0.25) is 0 Å². The van der Waals surface area contributed by atoms with Gasteiger partial charge in [0, 0.05) is 0 Å². The fraction of sp³-hybridized carbons (Fsp3) is 0.667. The van der Waals surface area contributed by atoms with Crippen LogP contribution < -0.4 is 24.8 Å². The normalized spacial score (nSPS) is 15.9. The topological polar surface area (TPSA) is 9.23 Å². The number of rotatable bonds is 6. The van der Waals surface area contributed by atoms with Crippen LogP contribution >= 0.6 is 0 Å². The third-order valence-corrected chi connectivity index (χ3v) is 4.66. The summed E-state index contributed by atoms with van der Waals surface area (Å²) >= 11 is 2.24. The Morgan fingerprint density at radius 3 is 2.47 bits per heavy atom. The Morgan fingerprint density at radius 2 is 2.06 bits per heavy atom. The molecule has 97 valence electrons. The molecule has 0 aliphatic heterocycles. The second-order valence-corrected chi connectivity index (χ2v) is 8.73. The van der Waals surface area contributed by atoms with Gasteiger partial charge in [-0.1, -0.05) is 0 Å². The Balaban J connectivity index is 0. The zero-order chi connectivity index (χ0) is 11.3. The summed E-state index contributed by atoms with van der Waals surface area (Å²) in [7, 11) is -0.548. The second kappa shape index (κ2) is 10.8. The molecule has 0 N–H and O–H groups in total. The molecule has 0 spiro atoms. The summed E-state index contributed by atoms with van der Waals surface area (Å²) in [6.45, 7) is 7.87. The monoisotopic (exact) mass is 327 g/mol. The van der Waals surface area contributed by atoms with E-state index in [4.69, 9.17) is 4.74 Å². The maximum atomic E-state index is 5.98. The average Bonchev–Trinajstić information content (AvgIpc) is 2.58. The Hall–Kier alpha value is 0.951. The van der Waals surface area contributed by atoms with Gasteiger partial charge in [0.05, 0.1) is 0 Å². The summed E-state index contributed by atoms with van der Waals surface area (Å²) in [5, 5.41) is 0. The van der Waals surface area contributed by atoms with E-state index in [-0.39, 0.29) is 24.8 Å². The Morgan fingerprint density at radius 1 is 1.41 bits per heavy atom. The quantitative estimate of drug-likeness (QED) is 0.474. The molecule has 0 bridgehead atoms. The van der Waals surface area contributed by atoms with Crippen molar-refractivity contribution >= 4 is 8.80 Å². The molecule has 1 nitrogen and oxygen atoms in total. The molecule has 0 saturated heterocycles. The summed E-state index contributed by atoms with van der Waals surface area (Å²) in [6.07, 6.45) is 7.16. The Kier molecular flexibility index (Phi) is 12.9. The molecule has 0 fully saturated rings. The van der Waals surface area contributed by atoms with Gasteiger partial charge >= 0.3 is 107 Å². The van der Waals surface area contributed by atoms with Gasteiger partial charge < -0.3 is 24.8 Å². The van der Waals surface area contributed by atoms with Crippen LogP contribution in [0.5, 0.6) is 0 Å². The van der Waals surface area contributed by atoms with Gasteiger partial charge in [-0.25, -0.2) is 0 Å². The maximum Gasteiger partial charge on any atom is -1.00 e. The average molecular weight is 328 g/mol. The Labute approximate surface area is 131 Å². The summed E-state index contributed by atoms with van der Waals surface area (Å²) < 4.78 is 7.49. The number of hydrogen-bond donors (Lipinski definition) is 0. The van der Waals surface area contributed by atoms with E-state index in [2.05, 4.69) is 52.6 Å². The SMILES string of the molecule is CCCOC(C[SiH](C)C)C1=[C]([Ti+2])CC=C1.[Cl-].[Cl-]. The molecule has 0 aromatic carbocycles. The maximum absolute atomic E-state index is 5.98. The summed E-state index contributed by atoms with van der Waals surface area (Å²) in [5.41, 5.74) is 1.46. The minimum absolute atomic E-state index is 0. The Bertz CT molecular complexity index is 267. The zero-order valence-electron chi connectivity index (χ0n) is 10.8. The van der Waals surface area contributed by atoms with Crippen molar-refractivity contribution in [2.75, 3.05) is 6.61 Å². The van der Waals surface area contributed by atoms with Gasteiger partial charge in [-0.15, -0.1) is 0 Å². The van der Waals surface area contributed by atoms with E-state index in [9.17, 15) is 0 Å². The molecule has 5 heteroatoms. The fourth-order valence-electron chi connectivity index (χ4n) is 1.80. The first kappa shape index (κ1) is 20.3. The first-order valence-corrected chi connectivity index (χ1v) is 9.78. The van der Waals surface area contributed by atoms with Crippen molar-refractivity contribution in [3.8, 4) is 0 Å². The first-order valence-electron chi connectivity index (χ1n) is 5.88. The molecule has 0 heterocycles. The summed E-state index contributed by atoms with van der Waals surface area (Å²) in [5.74, 6) is 0. The van der Waals surface area contributed by atoms with E-state index in [1.165, 1.54) is 15.5 Å². The molecule has 0 aromatic heterocycles. The van der Waals surface area contributed by atoms with Gasteiger partial charge in [-0.2, -0.15) is 0 Å². The standard InChI is InChI=1S/C12H21OSi.2ClH.Ti/c1-4-9-13-12(10-14(2)3)11-7-5-6-8-11;;;/h5,7,12,14H,4,6,9-10H2,1-3H3;2*1H;/q;;;+2/p-2. The number of hydrogen-bond acceptors (Lipinski definition) is 1. The van der Waals surface area contributed by atoms with Gasteiger partial charge in [0.25, 0.3) is 0 Å². The minimum Gasteiger partial charge on any atom is -1.00 e. The fourth-order valence-corrected chi connectivity index (χ4v) is 3.61. The largest absolute Gasteiger partial charge is 1.00 e. The van der Waals surface area contributed by atoms with Crippen molar-refractivity contribution in [3.63, 3.8) is 0 Å². The van der Waals surface area contributed by atoms with Crippen molar-refractivity contribution in [2.45, 2.75) is 45.0 Å². The summed E-state index contributed by atoms with van der Waals surface area (Å²) in [6, 6.07) is 1.27. The third-order valence-electron chi connectivity index (χ3n) is 2.52. The van der Waals surface area contributed by atoms with Crippen molar-refractivity contribution in [2.24, 2.45) is 0 Å². The van der Waals surface area contributed by atoms with Crippen LogP contribution in [0.15, 0.2) is 21.6 Å². The summed E-state index contributed by atoms with van der Waals surface area (Å²) in [4.78, 5) is 0. The van der Waals surface area contributed by atoms with Crippen LogP contribution in [0, 0.1) is 0 Å². The number of ether oxygens (including phenoxy) is 1. The smallest absolute Gasteiger partial charge is 1.00 e. The predicted molar refractivity (Wildman–Crippen MR) is 64.5 cm³/mol. The van der Waals surface area contributed by atoms with Crippen LogP contribution in [0.4, 0.5) is 0 Å². The van der Waals surface area contributed by atoms with Gasteiger partial charge in [-0.3, -0.25) is 0 Å². The van der Waals surface area contributed by atoms with Gasteiger partial charge in [-0.05, 0) is 0 Å². The van der Waals surface area contributed by atoms with Crippen LogP contribution in [0.1, 0.15) is 19.8 Å². The molecule has 1 rings (SSSR count). The molecule has 1 aliphatic carbocycles. The predicted octanol–water partition coefficient (Wildman–Crippen LogP) is -2.96. The van der Waals surface area contributed by atoms with Crippen LogP contribution in [-0.4, -0.2) is 21.5 Å². The molecule has 0 amide bonds. The van der Waals surface area contributed by atoms with Gasteiger partial charge in [0.15, 0.2) is 0 Å². The number of allylic oxidation sites excluding steroid dienone is 2. The zero-order valence-corrected chi connectivity index (χ0v) is 15.0. The van der Waals surface area contributed by atoms with E-state index >= 15 is 0 Å². The van der Waals surface area contributed by atoms with Crippen LogP contribution in [-0.2, 0) is 25.2 Å². The molecule has 1 aliphatic rings. The van der Waals surface area contributed by atoms with E-state index in [1.54, 1.807) is 0 Å². The molecule has 1 atom stereocenters. The van der Waals surface area contributed by atoms with Crippen molar-refractivity contribution < 1.29 is 50.0 Å². The molecule has 0 aromatic rings. The van der Waals surface area contributed by atoms with Crippen LogP contribution in [0.2, 0.25) is 19.1 Å². The molecule has 0 radical (unpaired) electrons. The van der Waals surface area contributed by atoms with E-state index in [1.807, 2.05) is 0 Å². The van der Waals surface area contributed by atoms with Crippen molar-refractivity contribution in [3.05, 3.63) is 21.6 Å². The van der Waals surface area contributed by atoms with E-state index < -0.39 is 8.80 Å². The minimum atomic E-state index is -0.548. The molecular formula is C12H21Cl2OSiTi. The molecular weight excluding hydrogens is 307 g/mol. The number of halogens is 2. The third kappa shape index (κ3) is 7.19. The molecule has 0 saturated carbocycles. The van der Waals surface area contributed by atoms with Crippen molar-refractivity contribution in [1.82, 2.24) is 0 Å². The van der Waals surface area contributed by atoms with Crippen molar-refractivity contribution in [1.29, 1.82) is 0 Å². The second-order valence-electron chi connectivity index (χ2n) is 4.53. The van der Waals surface area contributed by atoms with E-state index in [0.29, 0.717) is 6.10 Å². The van der Waals surface area contributed by atoms with Crippen LogP contribution in [0.3, 0.4) is 0 Å². The van der Waals surface area contributed by atoms with Crippen LogP contribution in [0.25, 0.3) is 0 Å². The first-order chi connectivity index (χ1) is 7.15. The molecule has 17 heavy (non-hydrogen) atoms. The van der Waals surface area contributed by atoms with Gasteiger partial charge in [0.1, 0.15) is 0 Å².